The molecular weight excluding hydrogens is 314 g/mol. The van der Waals surface area contributed by atoms with E-state index in [1.165, 1.54) is 0 Å². The average molecular weight is 333 g/mol. The van der Waals surface area contributed by atoms with Crippen LogP contribution in [0.3, 0.4) is 0 Å². The lowest BCUT2D eigenvalue weighted by atomic mass is 10.0. The van der Waals surface area contributed by atoms with Gasteiger partial charge in [0, 0.05) is 28.2 Å². The second-order valence-electron chi connectivity index (χ2n) is 4.96. The van der Waals surface area contributed by atoms with E-state index in [-0.39, 0.29) is 6.04 Å². The van der Waals surface area contributed by atoms with Gasteiger partial charge in [-0.3, -0.25) is 0 Å². The molecule has 1 aromatic carbocycles. The molecule has 18 heavy (non-hydrogen) atoms. The normalized spacial score (nSPS) is 26.0. The van der Waals surface area contributed by atoms with Gasteiger partial charge in [-0.25, -0.2) is 0 Å². The molecule has 0 aromatic heterocycles. The highest BCUT2D eigenvalue weighted by Gasteiger charge is 2.21. The van der Waals surface area contributed by atoms with Crippen LogP contribution >= 0.6 is 27.5 Å². The van der Waals surface area contributed by atoms with Crippen molar-refractivity contribution < 1.29 is 4.74 Å². The molecule has 0 saturated carbocycles. The second kappa shape index (κ2) is 6.38. The van der Waals surface area contributed by atoms with Gasteiger partial charge in [0.15, 0.2) is 0 Å². The van der Waals surface area contributed by atoms with Crippen LogP contribution in [0.1, 0.15) is 38.3 Å². The first-order valence-electron chi connectivity index (χ1n) is 6.39. The maximum atomic E-state index is 6.28. The molecule has 1 aromatic rings. The van der Waals surface area contributed by atoms with Crippen molar-refractivity contribution in [2.75, 3.05) is 6.61 Å². The summed E-state index contributed by atoms with van der Waals surface area (Å²) in [4.78, 5) is 0. The molecule has 0 spiro atoms. The summed E-state index contributed by atoms with van der Waals surface area (Å²) in [5.41, 5.74) is 1.15. The van der Waals surface area contributed by atoms with E-state index in [4.69, 9.17) is 16.3 Å². The fourth-order valence-corrected chi connectivity index (χ4v) is 3.28. The van der Waals surface area contributed by atoms with Gasteiger partial charge in [-0.2, -0.15) is 0 Å². The van der Waals surface area contributed by atoms with Crippen LogP contribution in [0.4, 0.5) is 0 Å². The van der Waals surface area contributed by atoms with Crippen molar-refractivity contribution in [2.24, 2.45) is 0 Å². The SMILES string of the molecule is CC1CC(NC(C)c2ccc(Br)cc2Cl)CCO1. The monoisotopic (exact) mass is 331 g/mol. The van der Waals surface area contributed by atoms with E-state index >= 15 is 0 Å². The first-order valence-corrected chi connectivity index (χ1v) is 7.56. The predicted octanol–water partition coefficient (Wildman–Crippen LogP) is 4.32. The van der Waals surface area contributed by atoms with Gasteiger partial charge in [-0.1, -0.05) is 33.6 Å². The molecule has 2 rings (SSSR count). The quantitative estimate of drug-likeness (QED) is 0.890. The van der Waals surface area contributed by atoms with Crippen molar-refractivity contribution >= 4 is 27.5 Å². The molecule has 4 heteroatoms. The van der Waals surface area contributed by atoms with Crippen LogP contribution in [0.15, 0.2) is 22.7 Å². The predicted molar refractivity (Wildman–Crippen MR) is 79.1 cm³/mol. The fraction of sp³-hybridized carbons (Fsp3) is 0.571. The zero-order valence-electron chi connectivity index (χ0n) is 10.7. The lowest BCUT2D eigenvalue weighted by Gasteiger charge is -2.30. The molecule has 0 amide bonds. The minimum Gasteiger partial charge on any atom is -0.378 e. The van der Waals surface area contributed by atoms with Crippen molar-refractivity contribution in [3.63, 3.8) is 0 Å². The molecule has 1 N–H and O–H groups in total. The Morgan fingerprint density at radius 3 is 2.94 bits per heavy atom. The Bertz CT molecular complexity index is 413. The molecule has 100 valence electrons. The number of hydrogen-bond donors (Lipinski definition) is 1. The minimum absolute atomic E-state index is 0.265. The van der Waals surface area contributed by atoms with Gasteiger partial charge >= 0.3 is 0 Å². The van der Waals surface area contributed by atoms with Gasteiger partial charge in [0.05, 0.1) is 6.10 Å². The topological polar surface area (TPSA) is 21.3 Å². The van der Waals surface area contributed by atoms with Crippen molar-refractivity contribution in [1.29, 1.82) is 0 Å². The van der Waals surface area contributed by atoms with Gasteiger partial charge in [0.2, 0.25) is 0 Å². The van der Waals surface area contributed by atoms with E-state index in [0.29, 0.717) is 12.1 Å². The van der Waals surface area contributed by atoms with Crippen molar-refractivity contribution in [3.8, 4) is 0 Å². The minimum atomic E-state index is 0.265. The molecule has 1 heterocycles. The van der Waals surface area contributed by atoms with Gasteiger partial charge in [-0.15, -0.1) is 0 Å². The van der Waals surface area contributed by atoms with Crippen LogP contribution in [-0.2, 0) is 4.74 Å². The van der Waals surface area contributed by atoms with Crippen LogP contribution in [0.25, 0.3) is 0 Å². The fourth-order valence-electron chi connectivity index (χ4n) is 2.45. The van der Waals surface area contributed by atoms with Crippen molar-refractivity contribution in [2.45, 2.75) is 44.9 Å². The number of benzene rings is 1. The third-order valence-electron chi connectivity index (χ3n) is 3.40. The average Bonchev–Trinajstić information content (AvgIpc) is 2.28. The second-order valence-corrected chi connectivity index (χ2v) is 6.28. The molecular formula is C14H19BrClNO. The number of rotatable bonds is 3. The molecule has 1 saturated heterocycles. The summed E-state index contributed by atoms with van der Waals surface area (Å²) in [6.45, 7) is 5.14. The maximum Gasteiger partial charge on any atom is 0.0561 e. The third kappa shape index (κ3) is 3.70. The van der Waals surface area contributed by atoms with Gasteiger partial charge in [-0.05, 0) is 44.4 Å². The summed E-state index contributed by atoms with van der Waals surface area (Å²) < 4.78 is 6.58. The summed E-state index contributed by atoms with van der Waals surface area (Å²) in [5.74, 6) is 0. The van der Waals surface area contributed by atoms with Gasteiger partial charge < -0.3 is 10.1 Å². The number of halogens is 2. The summed E-state index contributed by atoms with van der Waals surface area (Å²) in [6, 6.07) is 6.84. The summed E-state index contributed by atoms with van der Waals surface area (Å²) in [7, 11) is 0. The smallest absolute Gasteiger partial charge is 0.0561 e. The van der Waals surface area contributed by atoms with Crippen LogP contribution < -0.4 is 5.32 Å². The molecule has 1 fully saturated rings. The number of hydrogen-bond acceptors (Lipinski definition) is 2. The Balaban J connectivity index is 2.00. The number of ether oxygens (including phenoxy) is 1. The van der Waals surface area contributed by atoms with E-state index in [9.17, 15) is 0 Å². The molecule has 1 aliphatic heterocycles. The number of nitrogens with one attached hydrogen (secondary N) is 1. The van der Waals surface area contributed by atoms with E-state index in [1.54, 1.807) is 0 Å². The highest BCUT2D eigenvalue weighted by atomic mass is 79.9. The Hall–Kier alpha value is -0.0900. The van der Waals surface area contributed by atoms with Crippen LogP contribution in [0.5, 0.6) is 0 Å². The first-order chi connectivity index (χ1) is 8.56. The third-order valence-corrected chi connectivity index (χ3v) is 4.22. The Morgan fingerprint density at radius 2 is 2.28 bits per heavy atom. The molecule has 2 nitrogen and oxygen atoms in total. The lowest BCUT2D eigenvalue weighted by Crippen LogP contribution is -2.39. The highest BCUT2D eigenvalue weighted by Crippen LogP contribution is 2.27. The van der Waals surface area contributed by atoms with E-state index in [1.807, 2.05) is 12.1 Å². The lowest BCUT2D eigenvalue weighted by molar-refractivity contribution is 0.0116. The van der Waals surface area contributed by atoms with E-state index < -0.39 is 0 Å². The van der Waals surface area contributed by atoms with Gasteiger partial charge in [0.1, 0.15) is 0 Å². The molecule has 0 aliphatic carbocycles. The van der Waals surface area contributed by atoms with Crippen LogP contribution in [-0.4, -0.2) is 18.8 Å². The zero-order chi connectivity index (χ0) is 13.1. The first kappa shape index (κ1) is 14.3. The standard InChI is InChI=1S/C14H19BrClNO/c1-9-7-12(5-6-18-9)17-10(2)13-4-3-11(15)8-14(13)16/h3-4,8-10,12,17H,5-7H2,1-2H3. The molecule has 3 atom stereocenters. The summed E-state index contributed by atoms with van der Waals surface area (Å²) in [5, 5.41) is 4.46. The molecule has 0 bridgehead atoms. The Kier molecular flexibility index (Phi) is 5.07. The summed E-state index contributed by atoms with van der Waals surface area (Å²) >= 11 is 9.71. The highest BCUT2D eigenvalue weighted by molar-refractivity contribution is 9.10. The summed E-state index contributed by atoms with van der Waals surface area (Å²) in [6.07, 6.45) is 2.49. The van der Waals surface area contributed by atoms with Crippen molar-refractivity contribution in [1.82, 2.24) is 5.32 Å². The molecule has 0 radical (unpaired) electrons. The molecule has 3 unspecified atom stereocenters. The van der Waals surface area contributed by atoms with Crippen LogP contribution in [0.2, 0.25) is 5.02 Å². The Labute approximate surface area is 122 Å². The van der Waals surface area contributed by atoms with Gasteiger partial charge in [0.25, 0.3) is 0 Å². The Morgan fingerprint density at radius 1 is 1.50 bits per heavy atom. The van der Waals surface area contributed by atoms with Crippen LogP contribution in [0, 0.1) is 0 Å². The van der Waals surface area contributed by atoms with Crippen molar-refractivity contribution in [3.05, 3.63) is 33.3 Å². The molecule has 1 aliphatic rings. The zero-order valence-corrected chi connectivity index (χ0v) is 13.1. The largest absolute Gasteiger partial charge is 0.378 e. The maximum absolute atomic E-state index is 6.28. The van der Waals surface area contributed by atoms with E-state index in [0.717, 1.165) is 34.5 Å². The van der Waals surface area contributed by atoms with E-state index in [2.05, 4.69) is 41.2 Å².